The first-order valence-corrected chi connectivity index (χ1v) is 30.5. The predicted octanol–water partition coefficient (Wildman–Crippen LogP) is 17.4. The summed E-state index contributed by atoms with van der Waals surface area (Å²) in [5, 5.41) is 0. The molecule has 0 aromatic heterocycles. The number of benzene rings is 6. The van der Waals surface area contributed by atoms with Crippen LogP contribution in [0.5, 0.6) is 57.5 Å². The maximum Gasteiger partial charge on any atom is 0.347 e. The molecule has 14 heteroatoms. The van der Waals surface area contributed by atoms with Crippen LogP contribution in [-0.2, 0) is 0 Å². The minimum absolute atomic E-state index is 0.132. The summed E-state index contributed by atoms with van der Waals surface area (Å²) in [4.78, 5) is 54.5. The number of esters is 4. The third-order valence-corrected chi connectivity index (χ3v) is 13.6. The number of ether oxygens (including phenoxy) is 10. The summed E-state index contributed by atoms with van der Waals surface area (Å²) in [6, 6.07) is 36.5. The van der Waals surface area contributed by atoms with Gasteiger partial charge in [0.2, 0.25) is 0 Å². The number of carbonyl (C=O) groups excluding carboxylic acids is 4. The van der Waals surface area contributed by atoms with E-state index in [9.17, 15) is 19.2 Å². The average Bonchev–Trinajstić information content (AvgIpc) is 3.49. The van der Waals surface area contributed by atoms with Gasteiger partial charge >= 0.3 is 23.9 Å². The molecule has 0 amide bonds. The summed E-state index contributed by atoms with van der Waals surface area (Å²) in [7, 11) is 0. The van der Waals surface area contributed by atoms with Crippen LogP contribution in [0.2, 0.25) is 0 Å². The molecule has 0 saturated carbocycles. The van der Waals surface area contributed by atoms with E-state index in [0.29, 0.717) is 98.1 Å². The molecular weight excluding hydrogens is 1060 g/mol. The lowest BCUT2D eigenvalue weighted by molar-refractivity contribution is 0.0715. The van der Waals surface area contributed by atoms with Gasteiger partial charge in [-0.3, -0.25) is 0 Å². The SMILES string of the molecule is CCCCCCOc1ccc(OC(=O)c2ccc(C(=O)Oc3ccc(OCCCCCC)cc3)c(OCCCCCCOc3cc(C(=O)Oc4ccc(OCCCCCC)cc4)ccc3C(=O)Oc3ccc(OCCCCCC)cc3)c2)cc1. The highest BCUT2D eigenvalue weighted by Gasteiger charge is 2.22. The smallest absolute Gasteiger partial charge is 0.347 e. The van der Waals surface area contributed by atoms with Gasteiger partial charge in [0.25, 0.3) is 0 Å². The molecular formula is C70H86O14. The zero-order valence-corrected chi connectivity index (χ0v) is 49.8. The van der Waals surface area contributed by atoms with Crippen LogP contribution in [0.25, 0.3) is 0 Å². The van der Waals surface area contributed by atoms with Crippen LogP contribution in [0.4, 0.5) is 0 Å². The van der Waals surface area contributed by atoms with Gasteiger partial charge in [0.05, 0.1) is 50.8 Å². The molecule has 0 fully saturated rings. The molecule has 6 aromatic carbocycles. The first-order valence-electron chi connectivity index (χ1n) is 30.5. The van der Waals surface area contributed by atoms with E-state index in [-0.39, 0.29) is 47.0 Å². The molecule has 0 bridgehead atoms. The Morgan fingerprint density at radius 2 is 0.476 bits per heavy atom. The quantitative estimate of drug-likeness (QED) is 0.0203. The van der Waals surface area contributed by atoms with Crippen molar-refractivity contribution in [1.82, 2.24) is 0 Å². The van der Waals surface area contributed by atoms with E-state index in [2.05, 4.69) is 27.7 Å². The molecule has 0 aliphatic rings. The minimum atomic E-state index is -0.662. The molecule has 0 atom stereocenters. The minimum Gasteiger partial charge on any atom is -0.494 e. The van der Waals surface area contributed by atoms with Crippen LogP contribution in [0.1, 0.15) is 198 Å². The fourth-order valence-corrected chi connectivity index (χ4v) is 8.74. The Bertz CT molecular complexity index is 2670. The maximum atomic E-state index is 13.7. The van der Waals surface area contributed by atoms with Gasteiger partial charge in [0.1, 0.15) is 68.6 Å². The van der Waals surface area contributed by atoms with Crippen molar-refractivity contribution in [3.63, 3.8) is 0 Å². The summed E-state index contributed by atoms with van der Waals surface area (Å²) in [5.74, 6) is 1.79. The van der Waals surface area contributed by atoms with E-state index in [4.69, 9.17) is 47.4 Å². The predicted molar refractivity (Wildman–Crippen MR) is 326 cm³/mol. The molecule has 0 radical (unpaired) electrons. The molecule has 0 heterocycles. The van der Waals surface area contributed by atoms with Crippen LogP contribution in [0.15, 0.2) is 133 Å². The molecule has 0 aliphatic carbocycles. The van der Waals surface area contributed by atoms with Crippen molar-refractivity contribution < 1.29 is 66.5 Å². The number of unbranched alkanes of at least 4 members (excludes halogenated alkanes) is 15. The summed E-state index contributed by atoms with van der Waals surface area (Å²) in [6.45, 7) is 11.5. The number of carbonyl (C=O) groups is 4. The van der Waals surface area contributed by atoms with E-state index < -0.39 is 23.9 Å². The van der Waals surface area contributed by atoms with Crippen LogP contribution < -0.4 is 47.4 Å². The molecule has 450 valence electrons. The van der Waals surface area contributed by atoms with E-state index in [1.807, 2.05) is 0 Å². The van der Waals surface area contributed by atoms with Crippen LogP contribution in [-0.4, -0.2) is 63.5 Å². The van der Waals surface area contributed by atoms with Crippen LogP contribution >= 0.6 is 0 Å². The first kappa shape index (κ1) is 65.2. The molecule has 6 aromatic rings. The van der Waals surface area contributed by atoms with E-state index in [1.54, 1.807) is 97.1 Å². The van der Waals surface area contributed by atoms with E-state index in [0.717, 1.165) is 103 Å². The van der Waals surface area contributed by atoms with Crippen LogP contribution in [0, 0.1) is 0 Å². The Hall–Kier alpha value is -8.00. The Morgan fingerprint density at radius 3 is 0.738 bits per heavy atom. The second-order valence-corrected chi connectivity index (χ2v) is 20.6. The molecule has 6 rings (SSSR count). The van der Waals surface area contributed by atoms with Crippen molar-refractivity contribution in [2.45, 2.75) is 156 Å². The Morgan fingerprint density at radius 1 is 0.250 bits per heavy atom. The second kappa shape index (κ2) is 38.0. The lowest BCUT2D eigenvalue weighted by Gasteiger charge is -2.14. The third kappa shape index (κ3) is 23.7. The number of rotatable bonds is 41. The summed E-state index contributed by atoms with van der Waals surface area (Å²) < 4.78 is 58.9. The molecule has 0 saturated heterocycles. The van der Waals surface area contributed by atoms with Crippen molar-refractivity contribution in [1.29, 1.82) is 0 Å². The molecule has 84 heavy (non-hydrogen) atoms. The van der Waals surface area contributed by atoms with E-state index >= 15 is 0 Å². The van der Waals surface area contributed by atoms with Crippen molar-refractivity contribution in [3.8, 4) is 57.5 Å². The van der Waals surface area contributed by atoms with E-state index in [1.165, 1.54) is 36.4 Å². The zero-order chi connectivity index (χ0) is 59.4. The van der Waals surface area contributed by atoms with Gasteiger partial charge in [-0.25, -0.2) is 19.2 Å². The van der Waals surface area contributed by atoms with Gasteiger partial charge in [-0.1, -0.05) is 105 Å². The largest absolute Gasteiger partial charge is 0.494 e. The molecule has 0 aliphatic heterocycles. The molecule has 0 unspecified atom stereocenters. The van der Waals surface area contributed by atoms with Gasteiger partial charge in [0.15, 0.2) is 0 Å². The van der Waals surface area contributed by atoms with Crippen molar-refractivity contribution in [2.24, 2.45) is 0 Å². The van der Waals surface area contributed by atoms with Gasteiger partial charge in [-0.2, -0.15) is 0 Å². The fourth-order valence-electron chi connectivity index (χ4n) is 8.74. The lowest BCUT2D eigenvalue weighted by Crippen LogP contribution is -2.14. The fraction of sp³-hybridized carbons (Fsp3) is 0.429. The van der Waals surface area contributed by atoms with Gasteiger partial charge < -0.3 is 47.4 Å². The van der Waals surface area contributed by atoms with Crippen molar-refractivity contribution in [2.75, 3.05) is 39.6 Å². The Labute approximate surface area is 497 Å². The van der Waals surface area contributed by atoms with Gasteiger partial charge in [-0.15, -0.1) is 0 Å². The normalized spacial score (nSPS) is 10.9. The Balaban J connectivity index is 1.07. The summed E-state index contributed by atoms with van der Waals surface area (Å²) >= 11 is 0. The van der Waals surface area contributed by atoms with Gasteiger partial charge in [0, 0.05) is 0 Å². The monoisotopic (exact) mass is 1150 g/mol. The second-order valence-electron chi connectivity index (χ2n) is 20.6. The highest BCUT2D eigenvalue weighted by molar-refractivity contribution is 5.98. The standard InChI is InChI=1S/C70H86O14/c1-5-9-13-19-45-75-55-27-35-59(36-28-55)81-67(71)53-25-43-63(69(73)83-61-39-31-57(32-40-61)77-47-21-15-11-7-3)65(51-53)79-49-23-17-18-24-50-80-66-52-54(68(72)82-60-37-29-56(30-38-60)76-46-20-14-10-6-2)26-44-64(66)70(74)84-62-41-33-58(34-42-62)78-48-22-16-12-8-4/h25-44,51-52H,5-24,45-50H2,1-4H3. The van der Waals surface area contributed by atoms with Crippen molar-refractivity contribution >= 4 is 23.9 Å². The van der Waals surface area contributed by atoms with Gasteiger partial charge in [-0.05, 0) is 185 Å². The number of hydrogen-bond donors (Lipinski definition) is 0. The zero-order valence-electron chi connectivity index (χ0n) is 49.8. The van der Waals surface area contributed by atoms with Crippen molar-refractivity contribution in [3.05, 3.63) is 156 Å². The summed E-state index contributed by atoms with van der Waals surface area (Å²) in [5.41, 5.74) is 0.624. The Kier molecular flexibility index (Phi) is 29.5. The molecule has 14 nitrogen and oxygen atoms in total. The first-order chi connectivity index (χ1) is 41.2. The summed E-state index contributed by atoms with van der Waals surface area (Å²) in [6.07, 6.45) is 20.1. The molecule has 0 spiro atoms. The maximum absolute atomic E-state index is 13.7. The molecule has 0 N–H and O–H groups in total. The average molecular weight is 1150 g/mol. The van der Waals surface area contributed by atoms with Crippen LogP contribution in [0.3, 0.4) is 0 Å². The highest BCUT2D eigenvalue weighted by Crippen LogP contribution is 2.29. The third-order valence-electron chi connectivity index (χ3n) is 13.6. The topological polar surface area (TPSA) is 161 Å². The lowest BCUT2D eigenvalue weighted by atomic mass is 10.1. The number of hydrogen-bond acceptors (Lipinski definition) is 14. The highest BCUT2D eigenvalue weighted by atomic mass is 16.6.